The molecule has 0 aliphatic heterocycles. The minimum Gasteiger partial charge on any atom is -0.491 e. The second kappa shape index (κ2) is 6.24. The van der Waals surface area contributed by atoms with Gasteiger partial charge in [0.2, 0.25) is 0 Å². The van der Waals surface area contributed by atoms with Crippen LogP contribution in [0.2, 0.25) is 5.02 Å². The molecular weight excluding hydrogens is 296 g/mol. The molecule has 112 valence electrons. The normalized spacial score (nSPS) is 10.9. The second-order valence-corrected chi connectivity index (χ2v) is 5.77. The van der Waals surface area contributed by atoms with Gasteiger partial charge in [-0.05, 0) is 62.4 Å². The lowest BCUT2D eigenvalue weighted by Crippen LogP contribution is -2.05. The molecule has 1 N–H and O–H groups in total. The van der Waals surface area contributed by atoms with Gasteiger partial charge in [-0.15, -0.1) is 0 Å². The highest BCUT2D eigenvalue weighted by Crippen LogP contribution is 2.28. The largest absolute Gasteiger partial charge is 0.491 e. The highest BCUT2D eigenvalue weighted by molar-refractivity contribution is 6.31. The number of rotatable bonds is 4. The molecule has 4 heteroatoms. The number of aromatic nitrogens is 1. The maximum absolute atomic E-state index is 6.09. The number of benzene rings is 2. The molecule has 0 unspecified atom stereocenters. The monoisotopic (exact) mass is 312 g/mol. The van der Waals surface area contributed by atoms with Gasteiger partial charge in [0.05, 0.1) is 11.6 Å². The van der Waals surface area contributed by atoms with Gasteiger partial charge in [0.25, 0.3) is 0 Å². The van der Waals surface area contributed by atoms with Crippen LogP contribution in [-0.2, 0) is 0 Å². The van der Waals surface area contributed by atoms with Gasteiger partial charge in [-0.1, -0.05) is 11.6 Å². The lowest BCUT2D eigenvalue weighted by molar-refractivity contribution is 0.242. The molecule has 1 aromatic heterocycles. The first-order valence-corrected chi connectivity index (χ1v) is 7.57. The summed E-state index contributed by atoms with van der Waals surface area (Å²) in [6.07, 6.45) is 1.96. The Morgan fingerprint density at radius 2 is 1.82 bits per heavy atom. The molecule has 3 nitrogen and oxygen atoms in total. The van der Waals surface area contributed by atoms with E-state index < -0.39 is 0 Å². The smallest absolute Gasteiger partial charge is 0.119 e. The van der Waals surface area contributed by atoms with Gasteiger partial charge in [-0.25, -0.2) is 0 Å². The molecule has 0 radical (unpaired) electrons. The first kappa shape index (κ1) is 14.7. The average molecular weight is 313 g/mol. The average Bonchev–Trinajstić information content (AvgIpc) is 2.49. The third-order valence-electron chi connectivity index (χ3n) is 3.21. The number of fused-ring (bicyclic) bond motifs is 1. The summed E-state index contributed by atoms with van der Waals surface area (Å²) >= 11 is 6.09. The summed E-state index contributed by atoms with van der Waals surface area (Å²) in [5.74, 6) is 0.864. The van der Waals surface area contributed by atoms with Gasteiger partial charge < -0.3 is 10.1 Å². The third kappa shape index (κ3) is 3.31. The zero-order valence-electron chi connectivity index (χ0n) is 12.5. The van der Waals surface area contributed by atoms with E-state index in [4.69, 9.17) is 16.3 Å². The molecule has 0 aliphatic carbocycles. The van der Waals surface area contributed by atoms with Crippen LogP contribution in [0.15, 0.2) is 54.7 Å². The number of hydrogen-bond acceptors (Lipinski definition) is 3. The summed E-state index contributed by atoms with van der Waals surface area (Å²) in [6, 6.07) is 15.5. The fraction of sp³-hybridized carbons (Fsp3) is 0.167. The Morgan fingerprint density at radius 3 is 2.55 bits per heavy atom. The van der Waals surface area contributed by atoms with E-state index >= 15 is 0 Å². The minimum absolute atomic E-state index is 0.171. The van der Waals surface area contributed by atoms with Crippen molar-refractivity contribution in [3.05, 3.63) is 59.8 Å². The number of ether oxygens (including phenoxy) is 1. The van der Waals surface area contributed by atoms with Gasteiger partial charge in [0.1, 0.15) is 5.75 Å². The third-order valence-corrected chi connectivity index (χ3v) is 3.44. The van der Waals surface area contributed by atoms with Crippen molar-refractivity contribution in [2.75, 3.05) is 5.32 Å². The van der Waals surface area contributed by atoms with Crippen molar-refractivity contribution in [2.24, 2.45) is 0 Å². The fourth-order valence-electron chi connectivity index (χ4n) is 2.27. The topological polar surface area (TPSA) is 34.1 Å². The van der Waals surface area contributed by atoms with Crippen molar-refractivity contribution >= 4 is 33.9 Å². The summed E-state index contributed by atoms with van der Waals surface area (Å²) in [5, 5.41) is 5.10. The van der Waals surface area contributed by atoms with E-state index in [1.54, 1.807) is 6.20 Å². The predicted molar refractivity (Wildman–Crippen MR) is 92.2 cm³/mol. The van der Waals surface area contributed by atoms with E-state index in [9.17, 15) is 0 Å². The van der Waals surface area contributed by atoms with E-state index in [2.05, 4.69) is 10.3 Å². The van der Waals surface area contributed by atoms with Gasteiger partial charge in [0, 0.05) is 28.0 Å². The first-order chi connectivity index (χ1) is 10.6. The molecule has 3 rings (SSSR count). The lowest BCUT2D eigenvalue weighted by atomic mass is 10.2. The maximum Gasteiger partial charge on any atom is 0.119 e. The zero-order valence-corrected chi connectivity index (χ0v) is 13.3. The molecule has 1 heterocycles. The molecule has 0 saturated carbocycles. The Labute approximate surface area is 134 Å². The summed E-state index contributed by atoms with van der Waals surface area (Å²) in [4.78, 5) is 4.35. The molecule has 0 saturated heterocycles. The standard InChI is InChI=1S/C18H17ClN2O/c1-12(2)22-15-6-4-14(5-7-15)21-18-9-10-20-17-8-3-13(19)11-16(17)18/h3-12H,1-2H3,(H,20,21). The molecular formula is C18H17ClN2O. The molecule has 0 atom stereocenters. The fourth-order valence-corrected chi connectivity index (χ4v) is 2.44. The van der Waals surface area contributed by atoms with E-state index in [0.29, 0.717) is 5.02 Å². The summed E-state index contributed by atoms with van der Waals surface area (Å²) in [7, 11) is 0. The van der Waals surface area contributed by atoms with Crippen LogP contribution in [0.4, 0.5) is 11.4 Å². The van der Waals surface area contributed by atoms with Gasteiger partial charge >= 0.3 is 0 Å². The van der Waals surface area contributed by atoms with E-state index in [0.717, 1.165) is 28.0 Å². The Hall–Kier alpha value is -2.26. The number of nitrogens with zero attached hydrogens (tertiary/aromatic N) is 1. The minimum atomic E-state index is 0.171. The molecule has 3 aromatic rings. The van der Waals surface area contributed by atoms with Crippen LogP contribution in [0.5, 0.6) is 5.75 Å². The van der Waals surface area contributed by atoms with Gasteiger partial charge in [-0.3, -0.25) is 4.98 Å². The Morgan fingerprint density at radius 1 is 1.05 bits per heavy atom. The molecule has 0 spiro atoms. The van der Waals surface area contributed by atoms with Crippen LogP contribution < -0.4 is 10.1 Å². The Balaban J connectivity index is 1.88. The van der Waals surface area contributed by atoms with Crippen LogP contribution in [0, 0.1) is 0 Å². The summed E-state index contributed by atoms with van der Waals surface area (Å²) in [5.41, 5.74) is 2.88. The molecule has 22 heavy (non-hydrogen) atoms. The molecule has 0 bridgehead atoms. The number of nitrogens with one attached hydrogen (secondary N) is 1. The first-order valence-electron chi connectivity index (χ1n) is 7.20. The molecule has 0 fully saturated rings. The van der Waals surface area contributed by atoms with Crippen LogP contribution in [-0.4, -0.2) is 11.1 Å². The highest BCUT2D eigenvalue weighted by atomic mass is 35.5. The number of hydrogen-bond donors (Lipinski definition) is 1. The SMILES string of the molecule is CC(C)Oc1ccc(Nc2ccnc3ccc(Cl)cc23)cc1. The second-order valence-electron chi connectivity index (χ2n) is 5.34. The predicted octanol–water partition coefficient (Wildman–Crippen LogP) is 5.42. The quantitative estimate of drug-likeness (QED) is 0.698. The number of halogens is 1. The van der Waals surface area contributed by atoms with Crippen LogP contribution >= 0.6 is 11.6 Å². The van der Waals surface area contributed by atoms with Crippen molar-refractivity contribution in [1.82, 2.24) is 4.98 Å². The molecule has 0 amide bonds. The van der Waals surface area contributed by atoms with Gasteiger partial charge in [0.15, 0.2) is 0 Å². The Kier molecular flexibility index (Phi) is 4.16. The van der Waals surface area contributed by atoms with Crippen molar-refractivity contribution in [3.8, 4) is 5.75 Å². The summed E-state index contributed by atoms with van der Waals surface area (Å²) < 4.78 is 5.65. The van der Waals surface area contributed by atoms with Crippen LogP contribution in [0.3, 0.4) is 0 Å². The van der Waals surface area contributed by atoms with Crippen molar-refractivity contribution in [3.63, 3.8) is 0 Å². The summed E-state index contributed by atoms with van der Waals surface area (Å²) in [6.45, 7) is 4.03. The molecule has 0 aliphatic rings. The van der Waals surface area contributed by atoms with Crippen molar-refractivity contribution in [1.29, 1.82) is 0 Å². The Bertz CT molecular complexity index is 785. The lowest BCUT2D eigenvalue weighted by Gasteiger charge is -2.12. The highest BCUT2D eigenvalue weighted by Gasteiger charge is 2.04. The van der Waals surface area contributed by atoms with E-state index in [1.165, 1.54) is 0 Å². The van der Waals surface area contributed by atoms with Crippen LogP contribution in [0.25, 0.3) is 10.9 Å². The maximum atomic E-state index is 6.09. The van der Waals surface area contributed by atoms with Crippen molar-refractivity contribution < 1.29 is 4.74 Å². The van der Waals surface area contributed by atoms with Crippen LogP contribution in [0.1, 0.15) is 13.8 Å². The van der Waals surface area contributed by atoms with Gasteiger partial charge in [-0.2, -0.15) is 0 Å². The van der Waals surface area contributed by atoms with E-state index in [-0.39, 0.29) is 6.10 Å². The molecule has 2 aromatic carbocycles. The number of pyridine rings is 1. The number of anilines is 2. The van der Waals surface area contributed by atoms with E-state index in [1.807, 2.05) is 62.4 Å². The van der Waals surface area contributed by atoms with Crippen molar-refractivity contribution in [2.45, 2.75) is 20.0 Å². The zero-order chi connectivity index (χ0) is 15.5.